The number of allylic oxidation sites excluding steroid dienone is 1. The number of amides is 2. The summed E-state index contributed by atoms with van der Waals surface area (Å²) in [6.07, 6.45) is 8.33. The molecule has 0 spiro atoms. The van der Waals surface area contributed by atoms with Crippen LogP contribution in [0.1, 0.15) is 25.7 Å². The number of carbonyl (C=O) groups is 1. The zero-order chi connectivity index (χ0) is 15.3. The molecule has 0 atom stereocenters. The summed E-state index contributed by atoms with van der Waals surface area (Å²) in [6, 6.07) is 4.95. The van der Waals surface area contributed by atoms with Crippen LogP contribution >= 0.6 is 0 Å². The van der Waals surface area contributed by atoms with Crippen molar-refractivity contribution in [1.29, 1.82) is 0 Å². The summed E-state index contributed by atoms with van der Waals surface area (Å²) in [6.45, 7) is 0. The largest absolute Gasteiger partial charge is 0.323 e. The van der Waals surface area contributed by atoms with E-state index in [0.717, 1.165) is 12.8 Å². The van der Waals surface area contributed by atoms with Crippen molar-refractivity contribution in [1.82, 2.24) is 5.32 Å². The van der Waals surface area contributed by atoms with Crippen LogP contribution in [0.25, 0.3) is 0 Å². The van der Waals surface area contributed by atoms with E-state index in [1.165, 1.54) is 37.1 Å². The highest BCUT2D eigenvalue weighted by Crippen LogP contribution is 2.25. The maximum absolute atomic E-state index is 11.7. The molecule has 0 unspecified atom stereocenters. The number of hydrogen-bond donors (Lipinski definition) is 3. The van der Waals surface area contributed by atoms with E-state index in [1.54, 1.807) is 6.20 Å². The molecule has 0 saturated heterocycles. The summed E-state index contributed by atoms with van der Waals surface area (Å²) in [5.41, 5.74) is 0.289. The molecule has 2 amide bonds. The third-order valence-corrected chi connectivity index (χ3v) is 4.22. The minimum atomic E-state index is -4.27. The van der Waals surface area contributed by atoms with Crippen LogP contribution in [0.3, 0.4) is 0 Å². The second-order valence-corrected chi connectivity index (χ2v) is 6.43. The Morgan fingerprint density at radius 1 is 1.29 bits per heavy atom. The second-order valence-electron chi connectivity index (χ2n) is 5.01. The van der Waals surface area contributed by atoms with Crippen molar-refractivity contribution in [2.24, 2.45) is 5.92 Å². The summed E-state index contributed by atoms with van der Waals surface area (Å²) in [4.78, 5) is 11.4. The van der Waals surface area contributed by atoms with Crippen LogP contribution in [-0.2, 0) is 10.1 Å². The van der Waals surface area contributed by atoms with Gasteiger partial charge in [0, 0.05) is 11.9 Å². The molecule has 6 nitrogen and oxygen atoms in total. The molecule has 1 aliphatic rings. The lowest BCUT2D eigenvalue weighted by Gasteiger charge is -2.06. The van der Waals surface area contributed by atoms with Crippen LogP contribution in [0.15, 0.2) is 41.4 Å². The van der Waals surface area contributed by atoms with E-state index in [4.69, 9.17) is 4.55 Å². The molecule has 1 aromatic rings. The van der Waals surface area contributed by atoms with Crippen molar-refractivity contribution in [2.75, 3.05) is 5.32 Å². The maximum atomic E-state index is 11.7. The molecule has 3 N–H and O–H groups in total. The highest BCUT2D eigenvalue weighted by atomic mass is 32.2. The van der Waals surface area contributed by atoms with Gasteiger partial charge in [0.05, 0.1) is 4.90 Å². The van der Waals surface area contributed by atoms with Gasteiger partial charge in [-0.1, -0.05) is 25.0 Å². The number of anilines is 1. The van der Waals surface area contributed by atoms with E-state index in [0.29, 0.717) is 5.92 Å². The maximum Gasteiger partial charge on any atom is 0.323 e. The van der Waals surface area contributed by atoms with Gasteiger partial charge in [0.2, 0.25) is 0 Å². The van der Waals surface area contributed by atoms with Gasteiger partial charge in [-0.25, -0.2) is 4.79 Å². The van der Waals surface area contributed by atoms with Crippen LogP contribution in [-0.4, -0.2) is 19.0 Å². The van der Waals surface area contributed by atoms with Crippen LogP contribution in [0.4, 0.5) is 10.5 Å². The molecular weight excluding hydrogens is 292 g/mol. The first-order valence-electron chi connectivity index (χ1n) is 6.77. The summed E-state index contributed by atoms with van der Waals surface area (Å²) in [7, 11) is -4.27. The van der Waals surface area contributed by atoms with Crippen LogP contribution in [0.2, 0.25) is 0 Å². The van der Waals surface area contributed by atoms with E-state index >= 15 is 0 Å². The zero-order valence-corrected chi connectivity index (χ0v) is 12.3. The van der Waals surface area contributed by atoms with Crippen molar-refractivity contribution in [2.45, 2.75) is 30.6 Å². The molecule has 0 bridgehead atoms. The predicted octanol–water partition coefficient (Wildman–Crippen LogP) is 2.76. The van der Waals surface area contributed by atoms with Crippen molar-refractivity contribution in [3.8, 4) is 0 Å². The highest BCUT2D eigenvalue weighted by molar-refractivity contribution is 7.85. The summed E-state index contributed by atoms with van der Waals surface area (Å²) in [5, 5.41) is 5.08. The lowest BCUT2D eigenvalue weighted by molar-refractivity contribution is 0.255. The number of benzene rings is 1. The zero-order valence-electron chi connectivity index (χ0n) is 11.5. The SMILES string of the molecule is O=C(N/C=C/C1CCCC1)Nc1cccc(S(=O)(=O)O)c1. The van der Waals surface area contributed by atoms with Crippen molar-refractivity contribution >= 4 is 21.8 Å². The number of hydrogen-bond acceptors (Lipinski definition) is 3. The first-order chi connectivity index (χ1) is 9.95. The predicted molar refractivity (Wildman–Crippen MR) is 79.5 cm³/mol. The van der Waals surface area contributed by atoms with Gasteiger partial charge in [-0.3, -0.25) is 4.55 Å². The normalized spacial score (nSPS) is 16.2. The Balaban J connectivity index is 1.90. The van der Waals surface area contributed by atoms with E-state index in [1.807, 2.05) is 6.08 Å². The Morgan fingerprint density at radius 2 is 2.00 bits per heavy atom. The third-order valence-electron chi connectivity index (χ3n) is 3.37. The fourth-order valence-corrected chi connectivity index (χ4v) is 2.84. The Kier molecular flexibility index (Phi) is 4.98. The second kappa shape index (κ2) is 6.73. The van der Waals surface area contributed by atoms with E-state index < -0.39 is 16.1 Å². The Morgan fingerprint density at radius 3 is 2.67 bits per heavy atom. The Labute approximate surface area is 124 Å². The number of urea groups is 1. The summed E-state index contributed by atoms with van der Waals surface area (Å²) in [5.74, 6) is 0.521. The fraction of sp³-hybridized carbons (Fsp3) is 0.357. The summed E-state index contributed by atoms with van der Waals surface area (Å²) < 4.78 is 31.0. The van der Waals surface area contributed by atoms with Crippen molar-refractivity contribution in [3.05, 3.63) is 36.5 Å². The minimum absolute atomic E-state index is 0.262. The molecule has 1 saturated carbocycles. The monoisotopic (exact) mass is 310 g/mol. The summed E-state index contributed by atoms with van der Waals surface area (Å²) >= 11 is 0. The lowest BCUT2D eigenvalue weighted by Crippen LogP contribution is -2.24. The van der Waals surface area contributed by atoms with E-state index in [9.17, 15) is 13.2 Å². The molecule has 1 fully saturated rings. The quantitative estimate of drug-likeness (QED) is 0.745. The van der Waals surface area contributed by atoms with Gasteiger partial charge in [-0.05, 0) is 37.0 Å². The topological polar surface area (TPSA) is 95.5 Å². The average Bonchev–Trinajstić information content (AvgIpc) is 2.91. The van der Waals surface area contributed by atoms with E-state index in [-0.39, 0.29) is 10.6 Å². The van der Waals surface area contributed by atoms with E-state index in [2.05, 4.69) is 10.6 Å². The molecule has 2 rings (SSSR count). The van der Waals surface area contributed by atoms with Crippen molar-refractivity contribution < 1.29 is 17.8 Å². The molecule has 0 radical (unpaired) electrons. The molecule has 0 aliphatic heterocycles. The Bertz CT molecular complexity index is 634. The first-order valence-corrected chi connectivity index (χ1v) is 8.21. The average molecular weight is 310 g/mol. The van der Waals surface area contributed by atoms with Crippen LogP contribution in [0.5, 0.6) is 0 Å². The van der Waals surface area contributed by atoms with Crippen LogP contribution < -0.4 is 10.6 Å². The molecule has 1 aliphatic carbocycles. The lowest BCUT2D eigenvalue weighted by atomic mass is 10.1. The van der Waals surface area contributed by atoms with Crippen molar-refractivity contribution in [3.63, 3.8) is 0 Å². The van der Waals surface area contributed by atoms with Gasteiger partial charge >= 0.3 is 6.03 Å². The van der Waals surface area contributed by atoms with Crippen LogP contribution in [0, 0.1) is 5.92 Å². The molecule has 7 heteroatoms. The number of carbonyl (C=O) groups excluding carboxylic acids is 1. The fourth-order valence-electron chi connectivity index (χ4n) is 2.31. The first kappa shape index (κ1) is 15.5. The third kappa shape index (κ3) is 4.87. The van der Waals surface area contributed by atoms with Gasteiger partial charge < -0.3 is 10.6 Å². The van der Waals surface area contributed by atoms with Gasteiger partial charge in [0.1, 0.15) is 0 Å². The van der Waals surface area contributed by atoms with Gasteiger partial charge in [-0.2, -0.15) is 8.42 Å². The highest BCUT2D eigenvalue weighted by Gasteiger charge is 2.12. The molecule has 1 aromatic carbocycles. The number of rotatable bonds is 4. The molecular formula is C14H18N2O4S. The standard InChI is InChI=1S/C14H18N2O4S/c17-14(15-9-8-11-4-1-2-5-11)16-12-6-3-7-13(10-12)21(18,19)20/h3,6-11H,1-2,4-5H2,(H2,15,16,17)(H,18,19,20)/b9-8+. The molecule has 21 heavy (non-hydrogen) atoms. The smallest absolute Gasteiger partial charge is 0.315 e. The molecule has 0 heterocycles. The minimum Gasteiger partial charge on any atom is -0.315 e. The molecule has 114 valence electrons. The van der Waals surface area contributed by atoms with Gasteiger partial charge in [0.25, 0.3) is 10.1 Å². The Hall–Kier alpha value is -1.86. The molecule has 0 aromatic heterocycles. The van der Waals surface area contributed by atoms with Gasteiger partial charge in [0.15, 0.2) is 0 Å². The number of nitrogens with one attached hydrogen (secondary N) is 2. The van der Waals surface area contributed by atoms with Gasteiger partial charge in [-0.15, -0.1) is 0 Å².